The summed E-state index contributed by atoms with van der Waals surface area (Å²) >= 11 is 0. The lowest BCUT2D eigenvalue weighted by Gasteiger charge is -2.14. The van der Waals surface area contributed by atoms with Crippen molar-refractivity contribution in [3.05, 3.63) is 47.8 Å². The van der Waals surface area contributed by atoms with Crippen LogP contribution < -0.4 is 10.1 Å². The van der Waals surface area contributed by atoms with E-state index in [0.29, 0.717) is 6.04 Å². The molecule has 0 aliphatic carbocycles. The summed E-state index contributed by atoms with van der Waals surface area (Å²) in [5, 5.41) is 7.85. The van der Waals surface area contributed by atoms with Crippen molar-refractivity contribution in [3.63, 3.8) is 0 Å². The van der Waals surface area contributed by atoms with Crippen molar-refractivity contribution in [1.29, 1.82) is 0 Å². The number of rotatable bonds is 5. The van der Waals surface area contributed by atoms with Gasteiger partial charge in [-0.15, -0.1) is 0 Å². The topological polar surface area (TPSA) is 39.1 Å². The Bertz CT molecular complexity index is 552. The summed E-state index contributed by atoms with van der Waals surface area (Å²) in [5.41, 5.74) is 2.50. The third-order valence-corrected chi connectivity index (χ3v) is 3.59. The SMILES string of the molecule is CC(C)NCc1ccnn1CC1Cc2ccccc2O1. The monoisotopic (exact) mass is 271 g/mol. The van der Waals surface area contributed by atoms with Gasteiger partial charge in [-0.25, -0.2) is 0 Å². The molecule has 0 saturated heterocycles. The fourth-order valence-electron chi connectivity index (χ4n) is 2.53. The van der Waals surface area contributed by atoms with E-state index in [4.69, 9.17) is 4.74 Å². The molecule has 0 fully saturated rings. The van der Waals surface area contributed by atoms with E-state index in [-0.39, 0.29) is 6.10 Å². The number of aromatic nitrogens is 2. The van der Waals surface area contributed by atoms with Crippen molar-refractivity contribution in [3.8, 4) is 5.75 Å². The molecule has 1 aromatic heterocycles. The van der Waals surface area contributed by atoms with E-state index in [1.165, 1.54) is 11.3 Å². The molecule has 1 aliphatic heterocycles. The highest BCUT2D eigenvalue weighted by molar-refractivity contribution is 5.37. The first-order chi connectivity index (χ1) is 9.72. The van der Waals surface area contributed by atoms with Crippen LogP contribution >= 0.6 is 0 Å². The number of hydrogen-bond donors (Lipinski definition) is 1. The highest BCUT2D eigenvalue weighted by Gasteiger charge is 2.23. The Morgan fingerprint density at radius 2 is 2.20 bits per heavy atom. The van der Waals surface area contributed by atoms with Crippen molar-refractivity contribution in [1.82, 2.24) is 15.1 Å². The molecular formula is C16H21N3O. The highest BCUT2D eigenvalue weighted by atomic mass is 16.5. The van der Waals surface area contributed by atoms with Crippen LogP contribution in [0.3, 0.4) is 0 Å². The van der Waals surface area contributed by atoms with Crippen LogP contribution in [0.2, 0.25) is 0 Å². The van der Waals surface area contributed by atoms with Crippen LogP contribution in [0.1, 0.15) is 25.1 Å². The first kappa shape index (κ1) is 13.2. The molecule has 3 rings (SSSR count). The normalized spacial score (nSPS) is 17.2. The number of para-hydroxylation sites is 1. The second kappa shape index (κ2) is 5.67. The molecule has 1 N–H and O–H groups in total. The van der Waals surface area contributed by atoms with Crippen molar-refractivity contribution in [2.75, 3.05) is 0 Å². The van der Waals surface area contributed by atoms with Crippen LogP contribution in [0.15, 0.2) is 36.5 Å². The predicted octanol–water partition coefficient (Wildman–Crippen LogP) is 2.38. The molecule has 0 saturated carbocycles. The maximum atomic E-state index is 5.98. The summed E-state index contributed by atoms with van der Waals surface area (Å²) in [5.74, 6) is 1.02. The number of hydrogen-bond acceptors (Lipinski definition) is 3. The van der Waals surface area contributed by atoms with Gasteiger partial charge in [0.25, 0.3) is 0 Å². The first-order valence-electron chi connectivity index (χ1n) is 7.21. The van der Waals surface area contributed by atoms with E-state index in [1.807, 2.05) is 23.0 Å². The lowest BCUT2D eigenvalue weighted by molar-refractivity contribution is 0.201. The summed E-state index contributed by atoms with van der Waals surface area (Å²) in [6.45, 7) is 5.95. The molecule has 1 aliphatic rings. The molecule has 106 valence electrons. The minimum atomic E-state index is 0.185. The largest absolute Gasteiger partial charge is 0.488 e. The molecule has 1 aromatic carbocycles. The van der Waals surface area contributed by atoms with Gasteiger partial charge in [-0.3, -0.25) is 4.68 Å². The smallest absolute Gasteiger partial charge is 0.123 e. The number of nitrogens with one attached hydrogen (secondary N) is 1. The zero-order chi connectivity index (χ0) is 13.9. The van der Waals surface area contributed by atoms with Gasteiger partial charge in [0.2, 0.25) is 0 Å². The van der Waals surface area contributed by atoms with Gasteiger partial charge >= 0.3 is 0 Å². The zero-order valence-corrected chi connectivity index (χ0v) is 12.0. The second-order valence-electron chi connectivity index (χ2n) is 5.59. The molecule has 0 amide bonds. The van der Waals surface area contributed by atoms with Crippen LogP contribution in [0.25, 0.3) is 0 Å². The molecule has 0 spiro atoms. The molecule has 2 aromatic rings. The van der Waals surface area contributed by atoms with Gasteiger partial charge in [-0.1, -0.05) is 32.0 Å². The molecule has 2 heterocycles. The summed E-state index contributed by atoms with van der Waals surface area (Å²) in [4.78, 5) is 0. The lowest BCUT2D eigenvalue weighted by Crippen LogP contribution is -2.27. The van der Waals surface area contributed by atoms with Crippen LogP contribution in [0.5, 0.6) is 5.75 Å². The highest BCUT2D eigenvalue weighted by Crippen LogP contribution is 2.28. The fourth-order valence-corrected chi connectivity index (χ4v) is 2.53. The average Bonchev–Trinajstić information content (AvgIpc) is 3.02. The van der Waals surface area contributed by atoms with E-state index < -0.39 is 0 Å². The van der Waals surface area contributed by atoms with E-state index >= 15 is 0 Å². The molecule has 20 heavy (non-hydrogen) atoms. The summed E-state index contributed by atoms with van der Waals surface area (Å²) in [7, 11) is 0. The molecule has 1 atom stereocenters. The Hall–Kier alpha value is -1.81. The van der Waals surface area contributed by atoms with Gasteiger partial charge < -0.3 is 10.1 Å². The first-order valence-corrected chi connectivity index (χ1v) is 7.21. The van der Waals surface area contributed by atoms with Crippen molar-refractivity contribution in [2.45, 2.75) is 45.5 Å². The number of benzene rings is 1. The van der Waals surface area contributed by atoms with Crippen LogP contribution in [0, 0.1) is 0 Å². The molecule has 4 nitrogen and oxygen atoms in total. The van der Waals surface area contributed by atoms with Crippen LogP contribution in [-0.2, 0) is 19.5 Å². The zero-order valence-electron chi connectivity index (χ0n) is 12.0. The minimum Gasteiger partial charge on any atom is -0.488 e. The third kappa shape index (κ3) is 2.85. The van der Waals surface area contributed by atoms with E-state index in [1.54, 1.807) is 0 Å². The van der Waals surface area contributed by atoms with E-state index in [9.17, 15) is 0 Å². The Kier molecular flexibility index (Phi) is 3.74. The summed E-state index contributed by atoms with van der Waals surface area (Å²) in [6, 6.07) is 10.8. The molecular weight excluding hydrogens is 250 g/mol. The number of ether oxygens (including phenoxy) is 1. The molecule has 1 unspecified atom stereocenters. The van der Waals surface area contributed by atoms with Gasteiger partial charge in [0, 0.05) is 25.2 Å². The van der Waals surface area contributed by atoms with E-state index in [2.05, 4.69) is 42.5 Å². The van der Waals surface area contributed by atoms with Crippen molar-refractivity contribution < 1.29 is 4.74 Å². The Labute approximate surface area is 119 Å². The standard InChI is InChI=1S/C16H21N3O/c1-12(2)17-10-14-7-8-18-19(14)11-15-9-13-5-3-4-6-16(13)20-15/h3-8,12,15,17H,9-11H2,1-2H3. The van der Waals surface area contributed by atoms with Gasteiger partial charge in [-0.05, 0) is 17.7 Å². The fraction of sp³-hybridized carbons (Fsp3) is 0.438. The second-order valence-corrected chi connectivity index (χ2v) is 5.59. The van der Waals surface area contributed by atoms with Crippen LogP contribution in [-0.4, -0.2) is 21.9 Å². The molecule has 0 bridgehead atoms. The van der Waals surface area contributed by atoms with Gasteiger partial charge in [0.05, 0.1) is 12.2 Å². The average molecular weight is 271 g/mol. The summed E-state index contributed by atoms with van der Waals surface area (Å²) < 4.78 is 8.03. The maximum Gasteiger partial charge on any atom is 0.123 e. The Morgan fingerprint density at radius 1 is 1.35 bits per heavy atom. The van der Waals surface area contributed by atoms with Crippen molar-refractivity contribution >= 4 is 0 Å². The predicted molar refractivity (Wildman–Crippen MR) is 78.8 cm³/mol. The van der Waals surface area contributed by atoms with Crippen LogP contribution in [0.4, 0.5) is 0 Å². The van der Waals surface area contributed by atoms with E-state index in [0.717, 1.165) is 25.3 Å². The maximum absolute atomic E-state index is 5.98. The quantitative estimate of drug-likeness (QED) is 0.907. The van der Waals surface area contributed by atoms with Gasteiger partial charge in [-0.2, -0.15) is 5.10 Å². The number of fused-ring (bicyclic) bond motifs is 1. The Balaban J connectivity index is 1.64. The summed E-state index contributed by atoms with van der Waals surface area (Å²) in [6.07, 6.45) is 3.01. The third-order valence-electron chi connectivity index (χ3n) is 3.59. The van der Waals surface area contributed by atoms with Gasteiger partial charge in [0.1, 0.15) is 11.9 Å². The molecule has 0 radical (unpaired) electrons. The van der Waals surface area contributed by atoms with Crippen molar-refractivity contribution in [2.24, 2.45) is 0 Å². The van der Waals surface area contributed by atoms with Gasteiger partial charge in [0.15, 0.2) is 0 Å². The Morgan fingerprint density at radius 3 is 3.00 bits per heavy atom. The minimum absolute atomic E-state index is 0.185. The lowest BCUT2D eigenvalue weighted by atomic mass is 10.1. The number of nitrogens with zero attached hydrogens (tertiary/aromatic N) is 2. The molecule has 4 heteroatoms.